The summed E-state index contributed by atoms with van der Waals surface area (Å²) in [7, 11) is 0. The molecule has 0 aliphatic heterocycles. The minimum Gasteiger partial charge on any atom is -0.0654 e. The van der Waals surface area contributed by atoms with Crippen LogP contribution in [0, 0.1) is 5.92 Å². The maximum absolute atomic E-state index is 2.52. The minimum atomic E-state index is 0.958. The fourth-order valence-corrected chi connectivity index (χ4v) is 3.90. The van der Waals surface area contributed by atoms with Gasteiger partial charge < -0.3 is 0 Å². The first-order valence-corrected chi connectivity index (χ1v) is 9.94. The summed E-state index contributed by atoms with van der Waals surface area (Å²) in [4.78, 5) is 0. The molecule has 0 saturated carbocycles. The van der Waals surface area contributed by atoms with E-state index in [1.165, 1.54) is 83.5 Å². The first-order valence-electron chi connectivity index (χ1n) is 9.94. The number of unbranched alkanes of at least 4 members (excludes halogenated alkanes) is 6. The van der Waals surface area contributed by atoms with Crippen molar-refractivity contribution in [1.82, 2.24) is 0 Å². The van der Waals surface area contributed by atoms with Crippen LogP contribution in [0.2, 0.25) is 0 Å². The minimum absolute atomic E-state index is 0.958. The van der Waals surface area contributed by atoms with E-state index in [1.807, 2.05) is 0 Å². The van der Waals surface area contributed by atoms with E-state index in [0.29, 0.717) is 0 Å². The van der Waals surface area contributed by atoms with Crippen molar-refractivity contribution >= 4 is 0 Å². The molecule has 0 spiro atoms. The molecule has 2 rings (SSSR count). The molecule has 1 aromatic carbocycles. The zero-order valence-electron chi connectivity index (χ0n) is 15.0. The fourth-order valence-electron chi connectivity index (χ4n) is 3.90. The molecule has 0 nitrogen and oxygen atoms in total. The van der Waals surface area contributed by atoms with Gasteiger partial charge in [0.15, 0.2) is 0 Å². The Morgan fingerprint density at radius 1 is 0.864 bits per heavy atom. The van der Waals surface area contributed by atoms with Crippen LogP contribution in [0.15, 0.2) is 18.2 Å². The molecule has 1 aromatic rings. The molecular weight excluding hydrogens is 264 g/mol. The van der Waals surface area contributed by atoms with Crippen molar-refractivity contribution < 1.29 is 0 Å². The zero-order valence-corrected chi connectivity index (χ0v) is 15.0. The summed E-state index contributed by atoms with van der Waals surface area (Å²) in [5.41, 5.74) is 4.89. The van der Waals surface area contributed by atoms with Gasteiger partial charge in [0.25, 0.3) is 0 Å². The van der Waals surface area contributed by atoms with Crippen molar-refractivity contribution in [3.63, 3.8) is 0 Å². The molecule has 0 heterocycles. The van der Waals surface area contributed by atoms with Crippen LogP contribution in [0.1, 0.15) is 94.7 Å². The van der Waals surface area contributed by atoms with Crippen LogP contribution >= 0.6 is 0 Å². The normalized spacial score (nSPS) is 17.5. The lowest BCUT2D eigenvalue weighted by molar-refractivity contribution is 0.404. The van der Waals surface area contributed by atoms with E-state index in [4.69, 9.17) is 0 Å². The molecule has 0 bridgehead atoms. The van der Waals surface area contributed by atoms with Gasteiger partial charge in [0.2, 0.25) is 0 Å². The van der Waals surface area contributed by atoms with Gasteiger partial charge in [-0.15, -0.1) is 0 Å². The van der Waals surface area contributed by atoms with Crippen molar-refractivity contribution in [2.45, 2.75) is 97.3 Å². The molecule has 0 radical (unpaired) electrons. The third-order valence-corrected chi connectivity index (χ3v) is 5.39. The summed E-state index contributed by atoms with van der Waals surface area (Å²) >= 11 is 0. The molecule has 22 heavy (non-hydrogen) atoms. The lowest BCUT2D eigenvalue weighted by atomic mass is 9.80. The number of hydrogen-bond acceptors (Lipinski definition) is 0. The van der Waals surface area contributed by atoms with Crippen LogP contribution in [-0.4, -0.2) is 0 Å². The Bertz CT molecular complexity index is 418. The molecule has 0 N–H and O–H groups in total. The predicted octanol–water partition coefficient (Wildman–Crippen LogP) is 6.88. The average molecular weight is 301 g/mol. The first-order chi connectivity index (χ1) is 10.8. The van der Waals surface area contributed by atoms with E-state index in [2.05, 4.69) is 32.0 Å². The van der Waals surface area contributed by atoms with Gasteiger partial charge in [-0.3, -0.25) is 0 Å². The zero-order chi connectivity index (χ0) is 15.6. The van der Waals surface area contributed by atoms with Crippen LogP contribution in [0.5, 0.6) is 0 Å². The molecular formula is C22H36. The van der Waals surface area contributed by atoms with E-state index in [-0.39, 0.29) is 0 Å². The predicted molar refractivity (Wildman–Crippen MR) is 98.6 cm³/mol. The fraction of sp³-hybridized carbons (Fsp3) is 0.727. The van der Waals surface area contributed by atoms with Crippen molar-refractivity contribution in [2.24, 2.45) is 5.92 Å². The molecule has 0 amide bonds. The summed E-state index contributed by atoms with van der Waals surface area (Å²) in [6, 6.07) is 7.36. The number of hydrogen-bond donors (Lipinski definition) is 0. The Hall–Kier alpha value is -0.780. The van der Waals surface area contributed by atoms with Gasteiger partial charge in [0.1, 0.15) is 0 Å². The summed E-state index contributed by atoms with van der Waals surface area (Å²) < 4.78 is 0. The first kappa shape index (κ1) is 17.6. The summed E-state index contributed by atoms with van der Waals surface area (Å²) in [6.45, 7) is 4.59. The van der Waals surface area contributed by atoms with E-state index in [0.717, 1.165) is 5.92 Å². The highest BCUT2D eigenvalue weighted by Crippen LogP contribution is 2.30. The molecule has 1 aliphatic rings. The van der Waals surface area contributed by atoms with Crippen LogP contribution in [0.25, 0.3) is 0 Å². The molecule has 0 heteroatoms. The number of aryl methyl sites for hydroxylation is 2. The molecule has 1 unspecified atom stereocenters. The third-order valence-electron chi connectivity index (χ3n) is 5.39. The van der Waals surface area contributed by atoms with Gasteiger partial charge in [-0.1, -0.05) is 83.4 Å². The van der Waals surface area contributed by atoms with E-state index >= 15 is 0 Å². The largest absolute Gasteiger partial charge is 0.0654 e. The average Bonchev–Trinajstić information content (AvgIpc) is 2.55. The van der Waals surface area contributed by atoms with Crippen molar-refractivity contribution in [1.29, 1.82) is 0 Å². The summed E-state index contributed by atoms with van der Waals surface area (Å²) in [6.07, 6.45) is 18.0. The van der Waals surface area contributed by atoms with E-state index in [9.17, 15) is 0 Å². The van der Waals surface area contributed by atoms with Crippen LogP contribution in [0.4, 0.5) is 0 Å². The maximum atomic E-state index is 2.52. The Kier molecular flexibility index (Phi) is 8.05. The lowest BCUT2D eigenvalue weighted by Crippen LogP contribution is -2.14. The topological polar surface area (TPSA) is 0 Å². The Morgan fingerprint density at radius 2 is 1.64 bits per heavy atom. The van der Waals surface area contributed by atoms with E-state index < -0.39 is 0 Å². The van der Waals surface area contributed by atoms with Gasteiger partial charge in [-0.05, 0) is 54.7 Å². The molecule has 0 saturated heterocycles. The molecule has 1 atom stereocenters. The van der Waals surface area contributed by atoms with Gasteiger partial charge >= 0.3 is 0 Å². The second-order valence-corrected chi connectivity index (χ2v) is 7.37. The van der Waals surface area contributed by atoms with Gasteiger partial charge in [0.05, 0.1) is 0 Å². The number of fused-ring (bicyclic) bond motifs is 1. The monoisotopic (exact) mass is 300 g/mol. The second-order valence-electron chi connectivity index (χ2n) is 7.37. The van der Waals surface area contributed by atoms with Crippen LogP contribution < -0.4 is 0 Å². The SMILES string of the molecule is CCCCCCCC1CCc2cc(CCCCC)ccc2C1. The van der Waals surface area contributed by atoms with Crippen molar-refractivity contribution in [3.8, 4) is 0 Å². The Morgan fingerprint density at radius 3 is 2.45 bits per heavy atom. The summed E-state index contributed by atoms with van der Waals surface area (Å²) in [5, 5.41) is 0. The van der Waals surface area contributed by atoms with E-state index in [1.54, 1.807) is 16.7 Å². The van der Waals surface area contributed by atoms with Gasteiger partial charge in [0, 0.05) is 0 Å². The smallest absolute Gasteiger partial charge is 0.0248 e. The van der Waals surface area contributed by atoms with Crippen LogP contribution in [-0.2, 0) is 19.3 Å². The second kappa shape index (κ2) is 10.1. The highest BCUT2D eigenvalue weighted by Gasteiger charge is 2.18. The number of benzene rings is 1. The number of rotatable bonds is 10. The molecule has 1 aliphatic carbocycles. The highest BCUT2D eigenvalue weighted by molar-refractivity contribution is 5.34. The quantitative estimate of drug-likeness (QED) is 0.413. The maximum Gasteiger partial charge on any atom is -0.0248 e. The molecule has 0 fully saturated rings. The van der Waals surface area contributed by atoms with Gasteiger partial charge in [-0.25, -0.2) is 0 Å². The lowest BCUT2D eigenvalue weighted by Gasteiger charge is -2.25. The third kappa shape index (κ3) is 5.78. The van der Waals surface area contributed by atoms with Crippen LogP contribution in [0.3, 0.4) is 0 Å². The Labute approximate surface area is 138 Å². The van der Waals surface area contributed by atoms with Crippen molar-refractivity contribution in [2.75, 3.05) is 0 Å². The highest BCUT2D eigenvalue weighted by atomic mass is 14.2. The summed E-state index contributed by atoms with van der Waals surface area (Å²) in [5.74, 6) is 0.958. The van der Waals surface area contributed by atoms with Gasteiger partial charge in [-0.2, -0.15) is 0 Å². The Balaban J connectivity index is 1.76. The van der Waals surface area contributed by atoms with Crippen molar-refractivity contribution in [3.05, 3.63) is 34.9 Å². The standard InChI is InChI=1S/C22H36/c1-3-5-7-8-10-12-20-14-16-21-17-19(11-9-6-4-2)13-15-22(21)18-20/h13,15,17,20H,3-12,14,16,18H2,1-2H3. The molecule has 124 valence electrons. The molecule has 0 aromatic heterocycles.